The summed E-state index contributed by atoms with van der Waals surface area (Å²) in [5.74, 6) is 0. The normalized spacial score (nSPS) is 11.3. The highest BCUT2D eigenvalue weighted by atomic mass is 32.1. The fourth-order valence-corrected chi connectivity index (χ4v) is 6.27. The molecule has 6 aromatic carbocycles. The van der Waals surface area contributed by atoms with Gasteiger partial charge in [0.2, 0.25) is 0 Å². The van der Waals surface area contributed by atoms with E-state index in [2.05, 4.69) is 139 Å². The lowest BCUT2D eigenvalue weighted by Crippen LogP contribution is -1.91. The van der Waals surface area contributed by atoms with Crippen molar-refractivity contribution >= 4 is 53.7 Å². The predicted molar refractivity (Wildman–Crippen MR) is 157 cm³/mol. The lowest BCUT2D eigenvalue weighted by atomic mass is 9.98. The molecule has 0 aliphatic carbocycles. The number of anilines is 2. The minimum Gasteiger partial charge on any atom is -0.354 e. The van der Waals surface area contributed by atoms with Crippen LogP contribution < -0.4 is 5.32 Å². The Bertz CT molecular complexity index is 1850. The first kappa shape index (κ1) is 20.9. The van der Waals surface area contributed by atoms with Crippen LogP contribution in [0, 0.1) is 0 Å². The van der Waals surface area contributed by atoms with Crippen molar-refractivity contribution in [3.05, 3.63) is 133 Å². The standard InChI is InChI=1S/C34H23NS/c1-3-9-23(10-4-1)25-15-16-27-22-28(18-17-26(27)21-25)35-31-20-19-29(24-11-5-2-6-12-24)33-30-13-7-8-14-32(30)36-34(31)33/h1-22,35H. The molecule has 0 aliphatic rings. The second-order valence-electron chi connectivity index (χ2n) is 9.10. The van der Waals surface area contributed by atoms with E-state index in [4.69, 9.17) is 0 Å². The van der Waals surface area contributed by atoms with Crippen LogP contribution in [0.3, 0.4) is 0 Å². The third kappa shape index (κ3) is 3.64. The van der Waals surface area contributed by atoms with Crippen molar-refractivity contribution < 1.29 is 0 Å². The summed E-state index contributed by atoms with van der Waals surface area (Å²) in [5.41, 5.74) is 7.25. The molecular formula is C34H23NS. The van der Waals surface area contributed by atoms with Crippen LogP contribution >= 0.6 is 11.3 Å². The predicted octanol–water partition coefficient (Wildman–Crippen LogP) is 10.3. The summed E-state index contributed by atoms with van der Waals surface area (Å²) in [6.45, 7) is 0. The molecule has 170 valence electrons. The zero-order chi connectivity index (χ0) is 23.9. The van der Waals surface area contributed by atoms with Gasteiger partial charge in [-0.1, -0.05) is 103 Å². The van der Waals surface area contributed by atoms with Crippen molar-refractivity contribution in [2.45, 2.75) is 0 Å². The Morgan fingerprint density at radius 1 is 0.500 bits per heavy atom. The van der Waals surface area contributed by atoms with Gasteiger partial charge in [0.1, 0.15) is 0 Å². The molecule has 0 saturated heterocycles. The molecule has 0 radical (unpaired) electrons. The van der Waals surface area contributed by atoms with E-state index in [1.54, 1.807) is 0 Å². The van der Waals surface area contributed by atoms with Crippen LogP contribution in [0.25, 0.3) is 53.2 Å². The summed E-state index contributed by atoms with van der Waals surface area (Å²) in [4.78, 5) is 0. The number of thiophene rings is 1. The topological polar surface area (TPSA) is 12.0 Å². The van der Waals surface area contributed by atoms with Crippen molar-refractivity contribution in [3.8, 4) is 22.3 Å². The maximum absolute atomic E-state index is 3.74. The largest absolute Gasteiger partial charge is 0.354 e. The van der Waals surface area contributed by atoms with Crippen molar-refractivity contribution in [1.29, 1.82) is 0 Å². The Labute approximate surface area is 214 Å². The van der Waals surface area contributed by atoms with Gasteiger partial charge in [-0.15, -0.1) is 11.3 Å². The molecule has 2 heteroatoms. The van der Waals surface area contributed by atoms with Crippen LogP contribution in [-0.2, 0) is 0 Å². The van der Waals surface area contributed by atoms with E-state index in [0.717, 1.165) is 11.4 Å². The van der Waals surface area contributed by atoms with Gasteiger partial charge in [-0.3, -0.25) is 0 Å². The quantitative estimate of drug-likeness (QED) is 0.266. The molecule has 7 aromatic rings. The first-order valence-electron chi connectivity index (χ1n) is 12.2. The summed E-state index contributed by atoms with van der Waals surface area (Å²) in [6, 6.07) is 47.8. The average molecular weight is 478 g/mol. The Kier molecular flexibility index (Phi) is 5.04. The van der Waals surface area contributed by atoms with Gasteiger partial charge in [-0.25, -0.2) is 0 Å². The van der Waals surface area contributed by atoms with Crippen LogP contribution in [0.5, 0.6) is 0 Å². The molecule has 0 bridgehead atoms. The highest BCUT2D eigenvalue weighted by Gasteiger charge is 2.14. The zero-order valence-electron chi connectivity index (χ0n) is 19.6. The van der Waals surface area contributed by atoms with Gasteiger partial charge in [0.15, 0.2) is 0 Å². The van der Waals surface area contributed by atoms with E-state index in [1.165, 1.54) is 53.2 Å². The fraction of sp³-hybridized carbons (Fsp3) is 0. The van der Waals surface area contributed by atoms with Crippen LogP contribution in [0.15, 0.2) is 133 Å². The molecule has 1 nitrogen and oxygen atoms in total. The molecule has 0 unspecified atom stereocenters. The van der Waals surface area contributed by atoms with Gasteiger partial charge in [-0.2, -0.15) is 0 Å². The Morgan fingerprint density at radius 3 is 2.03 bits per heavy atom. The van der Waals surface area contributed by atoms with Gasteiger partial charge in [0.05, 0.1) is 10.4 Å². The summed E-state index contributed by atoms with van der Waals surface area (Å²) < 4.78 is 2.60. The maximum Gasteiger partial charge on any atom is 0.0596 e. The van der Waals surface area contributed by atoms with Crippen LogP contribution in [0.1, 0.15) is 0 Å². The van der Waals surface area contributed by atoms with Crippen molar-refractivity contribution in [1.82, 2.24) is 0 Å². The van der Waals surface area contributed by atoms with E-state index in [0.29, 0.717) is 0 Å². The van der Waals surface area contributed by atoms with Gasteiger partial charge >= 0.3 is 0 Å². The van der Waals surface area contributed by atoms with Crippen LogP contribution in [0.2, 0.25) is 0 Å². The molecular weight excluding hydrogens is 454 g/mol. The van der Waals surface area contributed by atoms with Crippen molar-refractivity contribution in [2.75, 3.05) is 5.32 Å². The lowest BCUT2D eigenvalue weighted by molar-refractivity contribution is 1.60. The number of fused-ring (bicyclic) bond motifs is 4. The highest BCUT2D eigenvalue weighted by Crippen LogP contribution is 2.44. The van der Waals surface area contributed by atoms with Crippen LogP contribution in [-0.4, -0.2) is 0 Å². The Morgan fingerprint density at radius 2 is 1.19 bits per heavy atom. The van der Waals surface area contributed by atoms with E-state index >= 15 is 0 Å². The first-order chi connectivity index (χ1) is 17.8. The molecule has 0 fully saturated rings. The monoisotopic (exact) mass is 477 g/mol. The summed E-state index contributed by atoms with van der Waals surface area (Å²) in [7, 11) is 0. The Hall–Kier alpha value is -4.40. The minimum absolute atomic E-state index is 1.10. The third-order valence-electron chi connectivity index (χ3n) is 6.84. The SMILES string of the molecule is c1ccc(-c2ccc3cc(Nc4ccc(-c5ccccc5)c5c4sc4ccccc45)ccc3c2)cc1. The number of benzene rings is 6. The smallest absolute Gasteiger partial charge is 0.0596 e. The lowest BCUT2D eigenvalue weighted by Gasteiger charge is -2.12. The van der Waals surface area contributed by atoms with E-state index < -0.39 is 0 Å². The van der Waals surface area contributed by atoms with Gasteiger partial charge in [-0.05, 0) is 63.4 Å². The van der Waals surface area contributed by atoms with E-state index in [-0.39, 0.29) is 0 Å². The Balaban J connectivity index is 1.32. The van der Waals surface area contributed by atoms with Gasteiger partial charge in [0, 0.05) is 21.2 Å². The average Bonchev–Trinajstić information content (AvgIpc) is 3.34. The van der Waals surface area contributed by atoms with Gasteiger partial charge in [0.25, 0.3) is 0 Å². The number of hydrogen-bond acceptors (Lipinski definition) is 2. The minimum atomic E-state index is 1.10. The summed E-state index contributed by atoms with van der Waals surface area (Å²) in [6.07, 6.45) is 0. The molecule has 1 N–H and O–H groups in total. The number of nitrogens with one attached hydrogen (secondary N) is 1. The van der Waals surface area contributed by atoms with Crippen molar-refractivity contribution in [2.24, 2.45) is 0 Å². The zero-order valence-corrected chi connectivity index (χ0v) is 20.4. The maximum atomic E-state index is 3.74. The number of rotatable bonds is 4. The van der Waals surface area contributed by atoms with Gasteiger partial charge < -0.3 is 5.32 Å². The molecule has 0 atom stereocenters. The molecule has 1 heterocycles. The van der Waals surface area contributed by atoms with E-state index in [1.807, 2.05) is 11.3 Å². The first-order valence-corrected chi connectivity index (χ1v) is 13.0. The highest BCUT2D eigenvalue weighted by molar-refractivity contribution is 7.26. The fourth-order valence-electron chi connectivity index (χ4n) is 5.07. The molecule has 0 aliphatic heterocycles. The summed E-state index contributed by atoms with van der Waals surface area (Å²) >= 11 is 1.86. The van der Waals surface area contributed by atoms with E-state index in [9.17, 15) is 0 Å². The molecule has 36 heavy (non-hydrogen) atoms. The second kappa shape index (κ2) is 8.67. The molecule has 7 rings (SSSR count). The third-order valence-corrected chi connectivity index (χ3v) is 8.04. The van der Waals surface area contributed by atoms with Crippen LogP contribution in [0.4, 0.5) is 11.4 Å². The second-order valence-corrected chi connectivity index (χ2v) is 10.1. The molecule has 0 spiro atoms. The molecule has 1 aromatic heterocycles. The molecule has 0 amide bonds. The van der Waals surface area contributed by atoms with Crippen molar-refractivity contribution in [3.63, 3.8) is 0 Å². The summed E-state index contributed by atoms with van der Waals surface area (Å²) in [5, 5.41) is 8.84. The molecule has 0 saturated carbocycles. The number of hydrogen-bond donors (Lipinski definition) is 1.